The molecule has 0 fully saturated rings. The predicted octanol–water partition coefficient (Wildman–Crippen LogP) is 3.66. The predicted molar refractivity (Wildman–Crippen MR) is 90.7 cm³/mol. The summed E-state index contributed by atoms with van der Waals surface area (Å²) >= 11 is 5.92. The smallest absolute Gasteiger partial charge is 0.252 e. The Kier molecular flexibility index (Phi) is 4.53. The lowest BCUT2D eigenvalue weighted by atomic mass is 10.1. The molecule has 0 saturated carbocycles. The molecule has 0 spiro atoms. The highest BCUT2D eigenvalue weighted by Crippen LogP contribution is 2.29. The highest BCUT2D eigenvalue weighted by atomic mass is 35.5. The molecule has 5 heteroatoms. The van der Waals surface area contributed by atoms with Crippen LogP contribution in [-0.2, 0) is 6.42 Å². The number of amides is 1. The van der Waals surface area contributed by atoms with Gasteiger partial charge in [-0.25, -0.2) is 4.39 Å². The molecule has 0 aromatic heterocycles. The first-order chi connectivity index (χ1) is 11.1. The average molecular weight is 333 g/mol. The van der Waals surface area contributed by atoms with Crippen LogP contribution in [0.4, 0.5) is 10.1 Å². The van der Waals surface area contributed by atoms with E-state index in [1.54, 1.807) is 0 Å². The van der Waals surface area contributed by atoms with E-state index in [1.807, 2.05) is 12.1 Å². The van der Waals surface area contributed by atoms with Crippen molar-refractivity contribution in [3.05, 3.63) is 64.4 Å². The second-order valence-electron chi connectivity index (χ2n) is 5.76. The molecule has 1 atom stereocenters. The van der Waals surface area contributed by atoms with E-state index in [1.165, 1.54) is 23.4 Å². The largest absolute Gasteiger partial charge is 0.366 e. The van der Waals surface area contributed by atoms with Gasteiger partial charge in [0.25, 0.3) is 5.91 Å². The van der Waals surface area contributed by atoms with E-state index in [2.05, 4.69) is 29.3 Å². The van der Waals surface area contributed by atoms with Gasteiger partial charge in [0.1, 0.15) is 5.82 Å². The Bertz CT molecular complexity index is 735. The van der Waals surface area contributed by atoms with Crippen molar-refractivity contribution < 1.29 is 9.18 Å². The Labute approximate surface area is 140 Å². The molecule has 0 bridgehead atoms. The number of nitrogens with zero attached hydrogens (tertiary/aromatic N) is 1. The van der Waals surface area contributed by atoms with Gasteiger partial charge in [0, 0.05) is 24.8 Å². The van der Waals surface area contributed by atoms with Gasteiger partial charge in [0.05, 0.1) is 10.6 Å². The molecule has 2 aromatic rings. The minimum absolute atomic E-state index is 0.127. The molecule has 120 valence electrons. The fourth-order valence-electron chi connectivity index (χ4n) is 2.94. The highest BCUT2D eigenvalue weighted by molar-refractivity contribution is 6.33. The van der Waals surface area contributed by atoms with Gasteiger partial charge in [-0.3, -0.25) is 4.79 Å². The van der Waals surface area contributed by atoms with E-state index in [-0.39, 0.29) is 17.0 Å². The second-order valence-corrected chi connectivity index (χ2v) is 6.16. The van der Waals surface area contributed by atoms with Gasteiger partial charge in [0.15, 0.2) is 0 Å². The number of carbonyl (C=O) groups excluding carboxylic acids is 1. The first-order valence-corrected chi connectivity index (χ1v) is 8.02. The SMILES string of the molecule is C[C@@H](CNC(=O)c1ccc(F)cc1Cl)N1CCc2ccccc21. The maximum absolute atomic E-state index is 13.0. The van der Waals surface area contributed by atoms with Crippen molar-refractivity contribution in [2.75, 3.05) is 18.0 Å². The van der Waals surface area contributed by atoms with Crippen molar-refractivity contribution in [1.29, 1.82) is 0 Å². The first-order valence-electron chi connectivity index (χ1n) is 7.64. The van der Waals surface area contributed by atoms with Crippen LogP contribution < -0.4 is 10.2 Å². The third-order valence-electron chi connectivity index (χ3n) is 4.19. The van der Waals surface area contributed by atoms with Crippen LogP contribution in [0.25, 0.3) is 0 Å². The zero-order valence-corrected chi connectivity index (χ0v) is 13.6. The molecule has 3 nitrogen and oxygen atoms in total. The Morgan fingerprint density at radius 1 is 1.35 bits per heavy atom. The number of rotatable bonds is 4. The van der Waals surface area contributed by atoms with Gasteiger partial charge in [-0.1, -0.05) is 29.8 Å². The van der Waals surface area contributed by atoms with Gasteiger partial charge in [-0.15, -0.1) is 0 Å². The van der Waals surface area contributed by atoms with Gasteiger partial charge in [0.2, 0.25) is 0 Å². The van der Waals surface area contributed by atoms with Crippen LogP contribution >= 0.6 is 11.6 Å². The topological polar surface area (TPSA) is 32.3 Å². The lowest BCUT2D eigenvalue weighted by Gasteiger charge is -2.27. The van der Waals surface area contributed by atoms with Gasteiger partial charge >= 0.3 is 0 Å². The minimum atomic E-state index is -0.450. The number of hydrogen-bond acceptors (Lipinski definition) is 2. The number of para-hydroxylation sites is 1. The molecule has 1 heterocycles. The van der Waals surface area contributed by atoms with Gasteiger partial charge < -0.3 is 10.2 Å². The Morgan fingerprint density at radius 3 is 2.91 bits per heavy atom. The fourth-order valence-corrected chi connectivity index (χ4v) is 3.19. The van der Waals surface area contributed by atoms with E-state index in [4.69, 9.17) is 11.6 Å². The third kappa shape index (κ3) is 3.32. The monoisotopic (exact) mass is 332 g/mol. The number of benzene rings is 2. The maximum atomic E-state index is 13.0. The molecule has 1 aliphatic heterocycles. The summed E-state index contributed by atoms with van der Waals surface area (Å²) in [5.41, 5.74) is 2.86. The zero-order valence-electron chi connectivity index (χ0n) is 12.9. The van der Waals surface area contributed by atoms with Gasteiger partial charge in [-0.2, -0.15) is 0 Å². The molecule has 0 unspecified atom stereocenters. The number of hydrogen-bond donors (Lipinski definition) is 1. The molecule has 0 aliphatic carbocycles. The summed E-state index contributed by atoms with van der Waals surface area (Å²) in [6.07, 6.45) is 1.03. The van der Waals surface area contributed by atoms with E-state index >= 15 is 0 Å². The van der Waals surface area contributed by atoms with Crippen molar-refractivity contribution in [2.45, 2.75) is 19.4 Å². The summed E-state index contributed by atoms with van der Waals surface area (Å²) in [5.74, 6) is -0.733. The quantitative estimate of drug-likeness (QED) is 0.926. The van der Waals surface area contributed by atoms with Crippen molar-refractivity contribution in [3.8, 4) is 0 Å². The van der Waals surface area contributed by atoms with Crippen molar-refractivity contribution in [1.82, 2.24) is 5.32 Å². The number of fused-ring (bicyclic) bond motifs is 1. The second kappa shape index (κ2) is 6.59. The molecule has 1 amide bonds. The first kappa shape index (κ1) is 15.8. The molecule has 3 rings (SSSR count). The van der Waals surface area contributed by atoms with E-state index in [0.717, 1.165) is 19.0 Å². The van der Waals surface area contributed by atoms with Crippen LogP contribution in [0.1, 0.15) is 22.8 Å². The molecular weight excluding hydrogens is 315 g/mol. The number of anilines is 1. The number of carbonyl (C=O) groups is 1. The van der Waals surface area contributed by atoms with Crippen LogP contribution in [0.2, 0.25) is 5.02 Å². The summed E-state index contributed by atoms with van der Waals surface area (Å²) in [6.45, 7) is 3.53. The summed E-state index contributed by atoms with van der Waals surface area (Å²) in [4.78, 5) is 14.5. The normalized spacial score (nSPS) is 14.5. The summed E-state index contributed by atoms with van der Waals surface area (Å²) in [6, 6.07) is 12.3. The summed E-state index contributed by atoms with van der Waals surface area (Å²) < 4.78 is 13.0. The van der Waals surface area contributed by atoms with Crippen LogP contribution in [0.15, 0.2) is 42.5 Å². The molecule has 0 radical (unpaired) electrons. The lowest BCUT2D eigenvalue weighted by molar-refractivity contribution is 0.0951. The molecule has 23 heavy (non-hydrogen) atoms. The van der Waals surface area contributed by atoms with E-state index in [0.29, 0.717) is 12.1 Å². The average Bonchev–Trinajstić information content (AvgIpc) is 2.96. The van der Waals surface area contributed by atoms with Crippen LogP contribution in [0.3, 0.4) is 0 Å². The molecular formula is C18H18ClFN2O. The zero-order chi connectivity index (χ0) is 16.4. The Hall–Kier alpha value is -2.07. The van der Waals surface area contributed by atoms with Crippen LogP contribution in [0, 0.1) is 5.82 Å². The Balaban J connectivity index is 1.63. The molecule has 1 aliphatic rings. The number of halogens is 2. The maximum Gasteiger partial charge on any atom is 0.252 e. The lowest BCUT2D eigenvalue weighted by Crippen LogP contribution is -2.41. The number of nitrogens with one attached hydrogen (secondary N) is 1. The van der Waals surface area contributed by atoms with Crippen molar-refractivity contribution in [2.24, 2.45) is 0 Å². The standard InChI is InChI=1S/C18H18ClFN2O/c1-12(22-9-8-13-4-2-3-5-17(13)22)11-21-18(23)15-7-6-14(20)10-16(15)19/h2-7,10,12H,8-9,11H2,1H3,(H,21,23)/t12-/m0/s1. The van der Waals surface area contributed by atoms with Crippen molar-refractivity contribution >= 4 is 23.2 Å². The minimum Gasteiger partial charge on any atom is -0.366 e. The Morgan fingerprint density at radius 2 is 2.13 bits per heavy atom. The highest BCUT2D eigenvalue weighted by Gasteiger charge is 2.23. The van der Waals surface area contributed by atoms with Gasteiger partial charge in [-0.05, 0) is 43.2 Å². The molecule has 0 saturated heterocycles. The third-order valence-corrected chi connectivity index (χ3v) is 4.50. The summed E-state index contributed by atoms with van der Waals surface area (Å²) in [5, 5.41) is 3.01. The summed E-state index contributed by atoms with van der Waals surface area (Å²) in [7, 11) is 0. The van der Waals surface area contributed by atoms with Crippen molar-refractivity contribution in [3.63, 3.8) is 0 Å². The van der Waals surface area contributed by atoms with E-state index < -0.39 is 5.82 Å². The molecule has 2 aromatic carbocycles. The van der Waals surface area contributed by atoms with E-state index in [9.17, 15) is 9.18 Å². The fraction of sp³-hybridized carbons (Fsp3) is 0.278. The molecule has 1 N–H and O–H groups in total. The van der Waals surface area contributed by atoms with Crippen LogP contribution in [0.5, 0.6) is 0 Å². The van der Waals surface area contributed by atoms with Crippen LogP contribution in [-0.4, -0.2) is 25.0 Å².